The lowest BCUT2D eigenvalue weighted by Crippen LogP contribution is -2.13. The van der Waals surface area contributed by atoms with Crippen LogP contribution in [0.25, 0.3) is 0 Å². The van der Waals surface area contributed by atoms with Gasteiger partial charge in [-0.25, -0.2) is 0 Å². The number of ether oxygens (including phenoxy) is 2. The maximum atomic E-state index is 10.6. The van der Waals surface area contributed by atoms with E-state index in [4.69, 9.17) is 26.2 Å². The SMILES string of the molecule is CC(CC(=O)O)C(O)c1cc(Cl)c2c(c1)OCO2. The first kappa shape index (κ1) is 13.0. The third kappa shape index (κ3) is 2.52. The number of carboxylic acids is 1. The standard InChI is InChI=1S/C12H13ClO5/c1-6(2-10(14)15)11(16)7-3-8(13)12-9(4-7)17-5-18-12/h3-4,6,11,16H,2,5H2,1H3,(H,14,15). The van der Waals surface area contributed by atoms with E-state index in [1.807, 2.05) is 0 Å². The number of rotatable bonds is 4. The molecule has 1 aliphatic heterocycles. The van der Waals surface area contributed by atoms with Gasteiger partial charge in [-0.05, 0) is 23.6 Å². The minimum atomic E-state index is -0.951. The van der Waals surface area contributed by atoms with Crippen LogP contribution in [0, 0.1) is 5.92 Å². The Bertz CT molecular complexity index is 474. The van der Waals surface area contributed by atoms with Gasteiger partial charge in [-0.3, -0.25) is 4.79 Å². The van der Waals surface area contributed by atoms with Crippen molar-refractivity contribution >= 4 is 17.6 Å². The molecule has 0 fully saturated rings. The molecule has 2 rings (SSSR count). The first-order valence-electron chi connectivity index (χ1n) is 5.48. The van der Waals surface area contributed by atoms with Gasteiger partial charge in [0.25, 0.3) is 0 Å². The van der Waals surface area contributed by atoms with Gasteiger partial charge in [0.05, 0.1) is 17.5 Å². The summed E-state index contributed by atoms with van der Waals surface area (Å²) in [7, 11) is 0. The Morgan fingerprint density at radius 3 is 2.89 bits per heavy atom. The van der Waals surface area contributed by atoms with Gasteiger partial charge in [0.2, 0.25) is 6.79 Å². The summed E-state index contributed by atoms with van der Waals surface area (Å²) in [6.45, 7) is 1.76. The minimum Gasteiger partial charge on any atom is -0.481 e. The fourth-order valence-corrected chi connectivity index (χ4v) is 2.15. The number of aliphatic carboxylic acids is 1. The minimum absolute atomic E-state index is 0.0965. The van der Waals surface area contributed by atoms with Crippen molar-refractivity contribution in [3.05, 3.63) is 22.7 Å². The molecule has 0 bridgehead atoms. The third-order valence-corrected chi connectivity index (χ3v) is 3.11. The van der Waals surface area contributed by atoms with Crippen molar-refractivity contribution in [1.29, 1.82) is 0 Å². The molecule has 1 aromatic rings. The van der Waals surface area contributed by atoms with Crippen molar-refractivity contribution in [1.82, 2.24) is 0 Å². The average molecular weight is 273 g/mol. The Morgan fingerprint density at radius 1 is 1.50 bits per heavy atom. The molecule has 5 nitrogen and oxygen atoms in total. The lowest BCUT2D eigenvalue weighted by Gasteiger charge is -2.18. The van der Waals surface area contributed by atoms with Crippen LogP contribution in [0.3, 0.4) is 0 Å². The molecular formula is C12H13ClO5. The molecular weight excluding hydrogens is 260 g/mol. The number of carbonyl (C=O) groups is 1. The highest BCUT2D eigenvalue weighted by Gasteiger charge is 2.24. The van der Waals surface area contributed by atoms with Gasteiger partial charge in [-0.1, -0.05) is 18.5 Å². The summed E-state index contributed by atoms with van der Waals surface area (Å²) in [5.74, 6) is -0.440. The summed E-state index contributed by atoms with van der Waals surface area (Å²) in [4.78, 5) is 10.6. The van der Waals surface area contributed by atoms with E-state index >= 15 is 0 Å². The molecule has 1 aromatic carbocycles. The normalized spacial score (nSPS) is 16.4. The van der Waals surface area contributed by atoms with E-state index in [0.717, 1.165) is 0 Å². The van der Waals surface area contributed by atoms with Crippen molar-refractivity contribution < 1.29 is 24.5 Å². The number of carboxylic acid groups (broad SMARTS) is 1. The molecule has 1 aliphatic rings. The number of hydrogen-bond acceptors (Lipinski definition) is 4. The van der Waals surface area contributed by atoms with E-state index in [2.05, 4.69) is 0 Å². The fourth-order valence-electron chi connectivity index (χ4n) is 1.87. The maximum absolute atomic E-state index is 10.6. The Kier molecular flexibility index (Phi) is 3.63. The molecule has 6 heteroatoms. The van der Waals surface area contributed by atoms with Crippen molar-refractivity contribution in [3.63, 3.8) is 0 Å². The predicted molar refractivity (Wildman–Crippen MR) is 64.0 cm³/mol. The van der Waals surface area contributed by atoms with Crippen LogP contribution in [0.5, 0.6) is 11.5 Å². The van der Waals surface area contributed by atoms with Gasteiger partial charge >= 0.3 is 5.97 Å². The van der Waals surface area contributed by atoms with Crippen LogP contribution in [-0.4, -0.2) is 23.0 Å². The molecule has 0 amide bonds. The van der Waals surface area contributed by atoms with Crippen LogP contribution in [0.15, 0.2) is 12.1 Å². The monoisotopic (exact) mass is 272 g/mol. The Labute approximate surface area is 109 Å². The van der Waals surface area contributed by atoms with Crippen LogP contribution in [-0.2, 0) is 4.79 Å². The second kappa shape index (κ2) is 5.04. The van der Waals surface area contributed by atoms with Gasteiger partial charge < -0.3 is 19.7 Å². The van der Waals surface area contributed by atoms with E-state index in [0.29, 0.717) is 22.1 Å². The molecule has 2 unspecified atom stereocenters. The number of hydrogen-bond donors (Lipinski definition) is 2. The van der Waals surface area contributed by atoms with Crippen LogP contribution < -0.4 is 9.47 Å². The molecule has 0 spiro atoms. The van der Waals surface area contributed by atoms with Crippen molar-refractivity contribution in [2.75, 3.05) is 6.79 Å². The molecule has 0 radical (unpaired) electrons. The predicted octanol–water partition coefficient (Wildman–Crippen LogP) is 2.21. The van der Waals surface area contributed by atoms with Crippen LogP contribution >= 0.6 is 11.6 Å². The lowest BCUT2D eigenvalue weighted by atomic mass is 9.94. The molecule has 1 heterocycles. The van der Waals surface area contributed by atoms with E-state index in [-0.39, 0.29) is 13.2 Å². The van der Waals surface area contributed by atoms with Crippen LogP contribution in [0.1, 0.15) is 25.0 Å². The number of aliphatic hydroxyl groups excluding tert-OH is 1. The zero-order valence-electron chi connectivity index (χ0n) is 9.72. The highest BCUT2D eigenvalue weighted by Crippen LogP contribution is 2.42. The van der Waals surface area contributed by atoms with E-state index in [1.54, 1.807) is 19.1 Å². The maximum Gasteiger partial charge on any atom is 0.303 e. The number of halogens is 1. The Hall–Kier alpha value is -1.46. The largest absolute Gasteiger partial charge is 0.481 e. The highest BCUT2D eigenvalue weighted by molar-refractivity contribution is 6.32. The highest BCUT2D eigenvalue weighted by atomic mass is 35.5. The number of aliphatic hydroxyl groups is 1. The first-order valence-corrected chi connectivity index (χ1v) is 5.85. The molecule has 0 saturated carbocycles. The molecule has 0 saturated heterocycles. The third-order valence-electron chi connectivity index (χ3n) is 2.83. The van der Waals surface area contributed by atoms with Gasteiger partial charge in [-0.15, -0.1) is 0 Å². The Balaban J connectivity index is 2.23. The van der Waals surface area contributed by atoms with Crippen molar-refractivity contribution in [2.45, 2.75) is 19.4 Å². The summed E-state index contributed by atoms with van der Waals surface area (Å²) in [5.41, 5.74) is 0.526. The molecule has 2 N–H and O–H groups in total. The molecule has 0 aliphatic carbocycles. The van der Waals surface area contributed by atoms with Gasteiger partial charge in [0, 0.05) is 0 Å². The first-order chi connectivity index (χ1) is 8.49. The van der Waals surface area contributed by atoms with Gasteiger partial charge in [-0.2, -0.15) is 0 Å². The van der Waals surface area contributed by atoms with E-state index < -0.39 is 18.0 Å². The number of benzene rings is 1. The van der Waals surface area contributed by atoms with Crippen LogP contribution in [0.2, 0.25) is 5.02 Å². The fraction of sp³-hybridized carbons (Fsp3) is 0.417. The van der Waals surface area contributed by atoms with Crippen LogP contribution in [0.4, 0.5) is 0 Å². The van der Waals surface area contributed by atoms with E-state index in [1.165, 1.54) is 0 Å². The molecule has 2 atom stereocenters. The van der Waals surface area contributed by atoms with Gasteiger partial charge in [0.1, 0.15) is 0 Å². The van der Waals surface area contributed by atoms with Crippen molar-refractivity contribution in [2.24, 2.45) is 5.92 Å². The molecule has 98 valence electrons. The smallest absolute Gasteiger partial charge is 0.303 e. The van der Waals surface area contributed by atoms with E-state index in [9.17, 15) is 9.90 Å². The average Bonchev–Trinajstić information content (AvgIpc) is 2.75. The topological polar surface area (TPSA) is 76.0 Å². The molecule has 18 heavy (non-hydrogen) atoms. The zero-order chi connectivity index (χ0) is 13.3. The second-order valence-electron chi connectivity index (χ2n) is 4.26. The zero-order valence-corrected chi connectivity index (χ0v) is 10.5. The molecule has 0 aromatic heterocycles. The summed E-state index contributed by atoms with van der Waals surface area (Å²) in [6.07, 6.45) is -1.03. The summed E-state index contributed by atoms with van der Waals surface area (Å²) in [6, 6.07) is 3.19. The second-order valence-corrected chi connectivity index (χ2v) is 4.66. The lowest BCUT2D eigenvalue weighted by molar-refractivity contribution is -0.139. The summed E-state index contributed by atoms with van der Waals surface area (Å²) < 4.78 is 10.4. The summed E-state index contributed by atoms with van der Waals surface area (Å²) >= 11 is 6.00. The number of fused-ring (bicyclic) bond motifs is 1. The Morgan fingerprint density at radius 2 is 2.22 bits per heavy atom. The summed E-state index contributed by atoms with van der Waals surface area (Å²) in [5, 5.41) is 19.1. The quantitative estimate of drug-likeness (QED) is 0.879. The van der Waals surface area contributed by atoms with Gasteiger partial charge in [0.15, 0.2) is 11.5 Å². The van der Waals surface area contributed by atoms with Crippen molar-refractivity contribution in [3.8, 4) is 11.5 Å².